The fourth-order valence-electron chi connectivity index (χ4n) is 3.23. The van der Waals surface area contributed by atoms with Crippen LogP contribution in [0.1, 0.15) is 24.4 Å². The van der Waals surface area contributed by atoms with Gasteiger partial charge in [0.05, 0.1) is 13.2 Å². The molecule has 26 heavy (non-hydrogen) atoms. The van der Waals surface area contributed by atoms with Crippen LogP contribution in [0.2, 0.25) is 5.02 Å². The summed E-state index contributed by atoms with van der Waals surface area (Å²) in [6, 6.07) is 16.1. The van der Waals surface area contributed by atoms with Gasteiger partial charge in [0.25, 0.3) is 0 Å². The van der Waals surface area contributed by atoms with Crippen molar-refractivity contribution in [3.63, 3.8) is 0 Å². The summed E-state index contributed by atoms with van der Waals surface area (Å²) in [6.07, 6.45) is 2.50. The van der Waals surface area contributed by atoms with Gasteiger partial charge in [-0.05, 0) is 80.1 Å². The Morgan fingerprint density at radius 2 is 1.77 bits per heavy atom. The Labute approximate surface area is 165 Å². The van der Waals surface area contributed by atoms with Gasteiger partial charge in [-0.15, -0.1) is 0 Å². The van der Waals surface area contributed by atoms with Crippen molar-refractivity contribution in [3.8, 4) is 5.75 Å². The zero-order valence-electron chi connectivity index (χ0n) is 14.9. The third-order valence-electron chi connectivity index (χ3n) is 4.64. The highest BCUT2D eigenvalue weighted by molar-refractivity contribution is 7.80. The Kier molecular flexibility index (Phi) is 6.72. The van der Waals surface area contributed by atoms with Gasteiger partial charge in [-0.2, -0.15) is 0 Å². The number of rotatable bonds is 6. The van der Waals surface area contributed by atoms with Crippen LogP contribution in [-0.2, 0) is 0 Å². The summed E-state index contributed by atoms with van der Waals surface area (Å²) in [5.74, 6) is 0.877. The highest BCUT2D eigenvalue weighted by Crippen LogP contribution is 2.26. The van der Waals surface area contributed by atoms with Crippen LogP contribution in [0, 0.1) is 0 Å². The van der Waals surface area contributed by atoms with E-state index in [1.165, 1.54) is 18.4 Å². The second-order valence-electron chi connectivity index (χ2n) is 6.37. The lowest BCUT2D eigenvalue weighted by molar-refractivity contribution is 0.246. The number of ether oxygens (including phenoxy) is 1. The molecule has 2 aromatic rings. The lowest BCUT2D eigenvalue weighted by atomic mass is 10.1. The molecule has 1 fully saturated rings. The minimum Gasteiger partial charge on any atom is -0.497 e. The first-order chi connectivity index (χ1) is 12.7. The van der Waals surface area contributed by atoms with Gasteiger partial charge in [0, 0.05) is 17.3 Å². The maximum Gasteiger partial charge on any atom is 0.170 e. The molecule has 0 radical (unpaired) electrons. The molecule has 1 saturated heterocycles. The molecule has 1 heterocycles. The molecule has 0 bridgehead atoms. The SMILES string of the molecule is COc1ccc([C@H](CNC(=S)Nc2ccc(Cl)cc2)N2CCCC2)cc1. The Morgan fingerprint density at radius 1 is 1.12 bits per heavy atom. The predicted octanol–water partition coefficient (Wildman–Crippen LogP) is 4.47. The molecule has 0 saturated carbocycles. The molecule has 3 rings (SSSR count). The van der Waals surface area contributed by atoms with Gasteiger partial charge >= 0.3 is 0 Å². The van der Waals surface area contributed by atoms with Gasteiger partial charge in [0.15, 0.2) is 5.11 Å². The van der Waals surface area contributed by atoms with E-state index in [1.807, 2.05) is 36.4 Å². The zero-order chi connectivity index (χ0) is 18.4. The van der Waals surface area contributed by atoms with Crippen molar-refractivity contribution in [1.29, 1.82) is 0 Å². The van der Waals surface area contributed by atoms with E-state index in [0.29, 0.717) is 10.1 Å². The Morgan fingerprint density at radius 3 is 2.38 bits per heavy atom. The van der Waals surface area contributed by atoms with Gasteiger partial charge in [-0.3, -0.25) is 4.90 Å². The Bertz CT molecular complexity index is 715. The quantitative estimate of drug-likeness (QED) is 0.713. The minimum atomic E-state index is 0.286. The van der Waals surface area contributed by atoms with Crippen LogP contribution in [0.5, 0.6) is 5.75 Å². The average Bonchev–Trinajstić information content (AvgIpc) is 3.19. The molecular weight excluding hydrogens is 366 g/mol. The topological polar surface area (TPSA) is 36.5 Å². The van der Waals surface area contributed by atoms with E-state index in [9.17, 15) is 0 Å². The lowest BCUT2D eigenvalue weighted by Crippen LogP contribution is -2.38. The van der Waals surface area contributed by atoms with Crippen molar-refractivity contribution in [3.05, 3.63) is 59.1 Å². The fourth-order valence-corrected chi connectivity index (χ4v) is 3.56. The van der Waals surface area contributed by atoms with E-state index in [2.05, 4.69) is 27.7 Å². The summed E-state index contributed by atoms with van der Waals surface area (Å²) in [5.41, 5.74) is 2.20. The second kappa shape index (κ2) is 9.21. The molecule has 0 unspecified atom stereocenters. The van der Waals surface area contributed by atoms with Crippen LogP contribution in [0.25, 0.3) is 0 Å². The average molecular weight is 390 g/mol. The zero-order valence-corrected chi connectivity index (χ0v) is 16.4. The molecule has 2 N–H and O–H groups in total. The second-order valence-corrected chi connectivity index (χ2v) is 7.22. The maximum atomic E-state index is 5.92. The molecule has 0 spiro atoms. The first kappa shape index (κ1) is 19.0. The van der Waals surface area contributed by atoms with Crippen molar-refractivity contribution in [2.75, 3.05) is 32.1 Å². The number of nitrogens with zero attached hydrogens (tertiary/aromatic N) is 1. The normalized spacial score (nSPS) is 15.5. The maximum absolute atomic E-state index is 5.92. The number of hydrogen-bond donors (Lipinski definition) is 2. The first-order valence-electron chi connectivity index (χ1n) is 8.84. The Balaban J connectivity index is 1.63. The van der Waals surface area contributed by atoms with Crippen molar-refractivity contribution < 1.29 is 4.74 Å². The summed E-state index contributed by atoms with van der Waals surface area (Å²) in [5, 5.41) is 7.90. The number of thiocarbonyl (C=S) groups is 1. The molecule has 1 aliphatic heterocycles. The molecular formula is C20H24ClN3OS. The molecule has 4 nitrogen and oxygen atoms in total. The highest BCUT2D eigenvalue weighted by atomic mass is 35.5. The fraction of sp³-hybridized carbons (Fsp3) is 0.350. The summed E-state index contributed by atoms with van der Waals surface area (Å²) >= 11 is 11.4. The third-order valence-corrected chi connectivity index (χ3v) is 5.14. The molecule has 0 amide bonds. The predicted molar refractivity (Wildman–Crippen MR) is 112 cm³/mol. The first-order valence-corrected chi connectivity index (χ1v) is 9.63. The van der Waals surface area contributed by atoms with Crippen molar-refractivity contribution >= 4 is 34.6 Å². The van der Waals surface area contributed by atoms with Crippen LogP contribution in [0.3, 0.4) is 0 Å². The van der Waals surface area contributed by atoms with E-state index in [0.717, 1.165) is 31.1 Å². The van der Waals surface area contributed by atoms with E-state index in [1.54, 1.807) is 7.11 Å². The number of anilines is 1. The number of methoxy groups -OCH3 is 1. The van der Waals surface area contributed by atoms with Crippen LogP contribution in [-0.4, -0.2) is 36.8 Å². The summed E-state index contributed by atoms with van der Waals surface area (Å²) in [4.78, 5) is 2.51. The number of halogens is 1. The van der Waals surface area contributed by atoms with E-state index in [4.69, 9.17) is 28.6 Å². The van der Waals surface area contributed by atoms with Gasteiger partial charge in [-0.25, -0.2) is 0 Å². The molecule has 0 aromatic heterocycles. The van der Waals surface area contributed by atoms with Crippen molar-refractivity contribution in [2.24, 2.45) is 0 Å². The molecule has 138 valence electrons. The minimum absolute atomic E-state index is 0.286. The van der Waals surface area contributed by atoms with Crippen LogP contribution >= 0.6 is 23.8 Å². The largest absolute Gasteiger partial charge is 0.497 e. The highest BCUT2D eigenvalue weighted by Gasteiger charge is 2.23. The van der Waals surface area contributed by atoms with E-state index < -0.39 is 0 Å². The van der Waals surface area contributed by atoms with Crippen molar-refractivity contribution in [2.45, 2.75) is 18.9 Å². The lowest BCUT2D eigenvalue weighted by Gasteiger charge is -2.29. The number of hydrogen-bond acceptors (Lipinski definition) is 3. The third kappa shape index (κ3) is 5.10. The van der Waals surface area contributed by atoms with Gasteiger partial charge < -0.3 is 15.4 Å². The summed E-state index contributed by atoms with van der Waals surface area (Å²) in [6.45, 7) is 3.00. The molecule has 1 aliphatic rings. The van der Waals surface area contributed by atoms with Gasteiger partial charge in [0.1, 0.15) is 5.75 Å². The van der Waals surface area contributed by atoms with Crippen LogP contribution in [0.4, 0.5) is 5.69 Å². The molecule has 1 atom stereocenters. The van der Waals surface area contributed by atoms with E-state index >= 15 is 0 Å². The van der Waals surface area contributed by atoms with Crippen LogP contribution in [0.15, 0.2) is 48.5 Å². The smallest absolute Gasteiger partial charge is 0.170 e. The summed E-state index contributed by atoms with van der Waals surface area (Å²) in [7, 11) is 1.69. The number of likely N-dealkylation sites (tertiary alicyclic amines) is 1. The van der Waals surface area contributed by atoms with Crippen LogP contribution < -0.4 is 15.4 Å². The Hall–Kier alpha value is -1.82. The summed E-state index contributed by atoms with van der Waals surface area (Å²) < 4.78 is 5.28. The molecule has 0 aliphatic carbocycles. The number of benzene rings is 2. The van der Waals surface area contributed by atoms with Gasteiger partial charge in [0.2, 0.25) is 0 Å². The van der Waals surface area contributed by atoms with E-state index in [-0.39, 0.29) is 6.04 Å². The van der Waals surface area contributed by atoms with Gasteiger partial charge in [-0.1, -0.05) is 23.7 Å². The standard InChI is InChI=1S/C20H24ClN3OS/c1-25-18-10-4-15(5-11-18)19(24-12-2-3-13-24)14-22-20(26)23-17-8-6-16(21)7-9-17/h4-11,19H,2-3,12-14H2,1H3,(H2,22,23,26)/t19-/m0/s1. The molecule has 2 aromatic carbocycles. The number of nitrogens with one attached hydrogen (secondary N) is 2. The van der Waals surface area contributed by atoms with Crippen molar-refractivity contribution in [1.82, 2.24) is 10.2 Å². The molecule has 6 heteroatoms. The monoisotopic (exact) mass is 389 g/mol.